The quantitative estimate of drug-likeness (QED) is 0.456. The molecule has 0 fully saturated rings. The van der Waals surface area contributed by atoms with Crippen molar-refractivity contribution in [2.45, 2.75) is 90.6 Å². The normalized spacial score (nSPS) is 14.4. The largest absolute Gasteiger partial charge is 0.543 e. The predicted molar refractivity (Wildman–Crippen MR) is 111 cm³/mol. The van der Waals surface area contributed by atoms with Crippen LogP contribution >= 0.6 is 0 Å². The summed E-state index contributed by atoms with van der Waals surface area (Å²) in [5.41, 5.74) is -0.00932. The molecule has 7 heteroatoms. The van der Waals surface area contributed by atoms with Crippen LogP contribution in [0.2, 0.25) is 36.3 Å². The van der Waals surface area contributed by atoms with Crippen LogP contribution in [0.3, 0.4) is 0 Å². The maximum Gasteiger partial charge on any atom is 0.416 e. The van der Waals surface area contributed by atoms with E-state index in [2.05, 4.69) is 54.6 Å². The van der Waals surface area contributed by atoms with Gasteiger partial charge in [-0.15, -0.1) is 0 Å². The monoisotopic (exact) mass is 420 g/mol. The molecule has 0 saturated carbocycles. The van der Waals surface area contributed by atoms with Gasteiger partial charge in [0.2, 0.25) is 8.32 Å². The predicted octanol–water partition coefficient (Wildman–Crippen LogP) is 7.61. The fraction of sp³-hybridized carbons (Fsp3) is 0.700. The van der Waals surface area contributed by atoms with Crippen molar-refractivity contribution in [3.63, 3.8) is 0 Å². The second kappa shape index (κ2) is 7.56. The fourth-order valence-electron chi connectivity index (χ4n) is 1.85. The second-order valence-corrected chi connectivity index (χ2v) is 19.8. The zero-order valence-electron chi connectivity index (χ0n) is 18.4. The molecule has 0 radical (unpaired) electrons. The highest BCUT2D eigenvalue weighted by Gasteiger charge is 2.41. The van der Waals surface area contributed by atoms with Gasteiger partial charge >= 0.3 is 6.18 Å². The van der Waals surface area contributed by atoms with Crippen LogP contribution in [0.5, 0.6) is 5.75 Å². The van der Waals surface area contributed by atoms with Crippen molar-refractivity contribution >= 4 is 16.6 Å². The Balaban J connectivity index is 3.28. The molecular weight excluding hydrogens is 385 g/mol. The van der Waals surface area contributed by atoms with E-state index in [4.69, 9.17) is 8.85 Å². The molecule has 0 aliphatic heterocycles. The van der Waals surface area contributed by atoms with Gasteiger partial charge in [-0.05, 0) is 48.4 Å². The lowest BCUT2D eigenvalue weighted by molar-refractivity contribution is -0.137. The van der Waals surface area contributed by atoms with Gasteiger partial charge in [-0.2, -0.15) is 13.2 Å². The minimum absolute atomic E-state index is 0.0271. The van der Waals surface area contributed by atoms with Gasteiger partial charge in [-0.25, -0.2) is 0 Å². The van der Waals surface area contributed by atoms with Crippen LogP contribution < -0.4 is 4.43 Å². The van der Waals surface area contributed by atoms with Crippen LogP contribution in [0.4, 0.5) is 13.2 Å². The number of rotatable bonds is 5. The van der Waals surface area contributed by atoms with Gasteiger partial charge < -0.3 is 8.85 Å². The number of hydrogen-bond acceptors (Lipinski definition) is 2. The third-order valence-corrected chi connectivity index (χ3v) is 14.8. The van der Waals surface area contributed by atoms with Crippen LogP contribution in [0.15, 0.2) is 18.2 Å². The lowest BCUT2D eigenvalue weighted by Crippen LogP contribution is -2.44. The Labute approximate surface area is 164 Å². The third kappa shape index (κ3) is 6.09. The van der Waals surface area contributed by atoms with Gasteiger partial charge in [0.1, 0.15) is 5.75 Å². The molecule has 1 rings (SSSR count). The number of alkyl halides is 3. The summed E-state index contributed by atoms with van der Waals surface area (Å²) < 4.78 is 52.2. The summed E-state index contributed by atoms with van der Waals surface area (Å²) in [7, 11) is -4.30. The Morgan fingerprint density at radius 1 is 0.815 bits per heavy atom. The van der Waals surface area contributed by atoms with Gasteiger partial charge in [-0.1, -0.05) is 47.6 Å². The molecule has 27 heavy (non-hydrogen) atoms. The average molecular weight is 421 g/mol. The standard InChI is InChI=1S/C20H35F3O2Si2/c1-18(2,3)26(7,8)24-14-15-11-12-16(20(21,22)23)13-17(15)25-27(9,10)19(4,5)6/h11-13H,14H2,1-10H3. The van der Waals surface area contributed by atoms with Crippen LogP contribution in [-0.2, 0) is 17.2 Å². The lowest BCUT2D eigenvalue weighted by atomic mass is 10.1. The van der Waals surface area contributed by atoms with E-state index in [0.717, 1.165) is 12.1 Å². The van der Waals surface area contributed by atoms with E-state index in [1.807, 2.05) is 13.1 Å². The number of halogens is 3. The lowest BCUT2D eigenvalue weighted by Gasteiger charge is -2.38. The highest BCUT2D eigenvalue weighted by molar-refractivity contribution is 6.75. The minimum Gasteiger partial charge on any atom is -0.543 e. The SMILES string of the molecule is CC(C)(C)[Si](C)(C)OCc1ccc(C(F)(F)F)cc1O[Si](C)(C)C(C)(C)C. The third-order valence-electron chi connectivity index (χ3n) is 5.96. The first-order valence-corrected chi connectivity index (χ1v) is 15.1. The van der Waals surface area contributed by atoms with Crippen molar-refractivity contribution in [3.8, 4) is 5.75 Å². The maximum atomic E-state index is 13.2. The van der Waals surface area contributed by atoms with Gasteiger partial charge in [-0.3, -0.25) is 0 Å². The van der Waals surface area contributed by atoms with Crippen molar-refractivity contribution in [1.29, 1.82) is 0 Å². The average Bonchev–Trinajstić information content (AvgIpc) is 2.42. The molecule has 1 aromatic carbocycles. The van der Waals surface area contributed by atoms with Crippen molar-refractivity contribution in [2.24, 2.45) is 0 Å². The van der Waals surface area contributed by atoms with E-state index < -0.39 is 28.4 Å². The van der Waals surface area contributed by atoms with E-state index in [1.54, 1.807) is 0 Å². The summed E-state index contributed by atoms with van der Waals surface area (Å²) >= 11 is 0. The highest BCUT2D eigenvalue weighted by Crippen LogP contribution is 2.41. The summed E-state index contributed by atoms with van der Waals surface area (Å²) in [6, 6.07) is 3.74. The van der Waals surface area contributed by atoms with E-state index >= 15 is 0 Å². The Bertz CT molecular complexity index is 655. The molecule has 0 N–H and O–H groups in total. The smallest absolute Gasteiger partial charge is 0.416 e. The van der Waals surface area contributed by atoms with Crippen LogP contribution in [0, 0.1) is 0 Å². The highest BCUT2D eigenvalue weighted by atomic mass is 28.4. The van der Waals surface area contributed by atoms with E-state index in [0.29, 0.717) is 11.3 Å². The van der Waals surface area contributed by atoms with E-state index in [1.165, 1.54) is 6.07 Å². The molecule has 156 valence electrons. The number of benzene rings is 1. The fourth-order valence-corrected chi connectivity index (χ4v) is 3.84. The van der Waals surface area contributed by atoms with E-state index in [-0.39, 0.29) is 16.7 Å². The van der Waals surface area contributed by atoms with Crippen molar-refractivity contribution < 1.29 is 22.0 Å². The van der Waals surface area contributed by atoms with E-state index in [9.17, 15) is 13.2 Å². The molecule has 0 aliphatic rings. The molecule has 0 spiro atoms. The van der Waals surface area contributed by atoms with Crippen LogP contribution in [0.1, 0.15) is 52.7 Å². The molecule has 2 nitrogen and oxygen atoms in total. The second-order valence-electron chi connectivity index (χ2n) is 10.2. The first kappa shape index (κ1) is 24.2. The summed E-state index contributed by atoms with van der Waals surface area (Å²) in [6.45, 7) is 21.2. The first-order valence-electron chi connectivity index (χ1n) is 9.31. The summed E-state index contributed by atoms with van der Waals surface area (Å²) in [5, 5.41) is -0.0852. The van der Waals surface area contributed by atoms with Crippen molar-refractivity contribution in [2.75, 3.05) is 0 Å². The zero-order valence-corrected chi connectivity index (χ0v) is 20.4. The molecule has 0 aromatic heterocycles. The number of hydrogen-bond donors (Lipinski definition) is 0. The van der Waals surface area contributed by atoms with Crippen LogP contribution in [-0.4, -0.2) is 16.6 Å². The maximum absolute atomic E-state index is 13.2. The molecule has 1 aromatic rings. The Hall–Kier alpha value is -0.796. The molecule has 0 heterocycles. The van der Waals surface area contributed by atoms with Gasteiger partial charge in [0.15, 0.2) is 8.32 Å². The topological polar surface area (TPSA) is 18.5 Å². The molecule has 0 amide bonds. The van der Waals surface area contributed by atoms with Crippen molar-refractivity contribution in [3.05, 3.63) is 29.3 Å². The molecule has 0 unspecified atom stereocenters. The summed E-state index contributed by atoms with van der Waals surface area (Å²) in [4.78, 5) is 0. The van der Waals surface area contributed by atoms with Crippen LogP contribution in [0.25, 0.3) is 0 Å². The van der Waals surface area contributed by atoms with Gasteiger partial charge in [0.05, 0.1) is 12.2 Å². The summed E-state index contributed by atoms with van der Waals surface area (Å²) in [5.74, 6) is 0.301. The first-order chi connectivity index (χ1) is 11.8. The van der Waals surface area contributed by atoms with Gasteiger partial charge in [0.25, 0.3) is 0 Å². The molecule has 0 atom stereocenters. The Kier molecular flexibility index (Phi) is 6.78. The van der Waals surface area contributed by atoms with Crippen molar-refractivity contribution in [1.82, 2.24) is 0 Å². The van der Waals surface area contributed by atoms with Gasteiger partial charge in [0, 0.05) is 5.56 Å². The molecule has 0 bridgehead atoms. The molecular formula is C20H35F3O2Si2. The Morgan fingerprint density at radius 3 is 1.70 bits per heavy atom. The minimum atomic E-state index is -4.40. The summed E-state index contributed by atoms with van der Waals surface area (Å²) in [6.07, 6.45) is -4.40. The molecule has 0 saturated heterocycles. The zero-order chi connectivity index (χ0) is 21.5. The molecule has 0 aliphatic carbocycles. The Morgan fingerprint density at radius 2 is 1.30 bits per heavy atom.